The fourth-order valence-electron chi connectivity index (χ4n) is 1.98. The molecule has 0 amide bonds. The van der Waals surface area contributed by atoms with Gasteiger partial charge in [0, 0.05) is 20.6 Å². The van der Waals surface area contributed by atoms with Gasteiger partial charge >= 0.3 is 0 Å². The van der Waals surface area contributed by atoms with Gasteiger partial charge in [-0.25, -0.2) is 4.39 Å². The highest BCUT2D eigenvalue weighted by Crippen LogP contribution is 2.34. The van der Waals surface area contributed by atoms with Crippen LogP contribution in [-0.2, 0) is 0 Å². The maximum atomic E-state index is 14.0. The highest BCUT2D eigenvalue weighted by molar-refractivity contribution is 6.35. The van der Waals surface area contributed by atoms with Crippen molar-refractivity contribution in [3.8, 4) is 0 Å². The number of hydrogen-bond acceptors (Lipinski definition) is 1. The molecule has 0 aliphatic rings. The third-order valence-corrected chi connectivity index (χ3v) is 3.74. The summed E-state index contributed by atoms with van der Waals surface area (Å²) in [7, 11) is 1.72. The summed E-state index contributed by atoms with van der Waals surface area (Å²) < 4.78 is 14.0. The smallest absolute Gasteiger partial charge is 0.129 e. The van der Waals surface area contributed by atoms with Crippen molar-refractivity contribution in [1.82, 2.24) is 5.32 Å². The zero-order valence-electron chi connectivity index (χ0n) is 10.1. The first-order chi connectivity index (χ1) is 9.04. The first-order valence-electron chi connectivity index (χ1n) is 5.60. The van der Waals surface area contributed by atoms with E-state index in [2.05, 4.69) is 5.32 Å². The van der Waals surface area contributed by atoms with Crippen LogP contribution in [0, 0.1) is 5.82 Å². The minimum absolute atomic E-state index is 0.352. The van der Waals surface area contributed by atoms with Crippen LogP contribution in [0.4, 0.5) is 4.39 Å². The number of halogens is 4. The van der Waals surface area contributed by atoms with E-state index in [4.69, 9.17) is 34.8 Å². The normalized spacial score (nSPS) is 12.5. The Bertz CT molecular complexity index is 581. The van der Waals surface area contributed by atoms with Crippen molar-refractivity contribution in [2.75, 3.05) is 7.05 Å². The maximum absolute atomic E-state index is 14.0. The molecule has 0 aliphatic carbocycles. The van der Waals surface area contributed by atoms with Crippen LogP contribution in [0.2, 0.25) is 15.1 Å². The molecule has 100 valence electrons. The Balaban J connectivity index is 2.56. The van der Waals surface area contributed by atoms with Gasteiger partial charge in [-0.1, -0.05) is 46.9 Å². The van der Waals surface area contributed by atoms with Crippen LogP contribution >= 0.6 is 34.8 Å². The molecule has 0 aliphatic heterocycles. The second-order valence-corrected chi connectivity index (χ2v) is 5.27. The summed E-state index contributed by atoms with van der Waals surface area (Å²) in [6.07, 6.45) is 0. The first kappa shape index (κ1) is 14.6. The minimum Gasteiger partial charge on any atom is -0.309 e. The molecule has 1 N–H and O–H groups in total. The lowest BCUT2D eigenvalue weighted by Gasteiger charge is -2.20. The Morgan fingerprint density at radius 2 is 1.79 bits per heavy atom. The Morgan fingerprint density at radius 3 is 2.37 bits per heavy atom. The molecule has 0 spiro atoms. The Labute approximate surface area is 126 Å². The average molecular weight is 319 g/mol. The molecule has 0 saturated carbocycles. The van der Waals surface area contributed by atoms with Gasteiger partial charge in [-0.2, -0.15) is 0 Å². The molecule has 5 heteroatoms. The van der Waals surface area contributed by atoms with Crippen LogP contribution in [0.15, 0.2) is 36.4 Å². The third kappa shape index (κ3) is 3.03. The Kier molecular flexibility index (Phi) is 4.69. The molecule has 2 rings (SSSR count). The quantitative estimate of drug-likeness (QED) is 0.830. The lowest BCUT2D eigenvalue weighted by Crippen LogP contribution is -2.19. The summed E-state index contributed by atoms with van der Waals surface area (Å²) in [6.45, 7) is 0. The van der Waals surface area contributed by atoms with Crippen LogP contribution in [0.3, 0.4) is 0 Å². The van der Waals surface area contributed by atoms with Gasteiger partial charge in [-0.05, 0) is 36.9 Å². The molecule has 0 bridgehead atoms. The molecule has 1 nitrogen and oxygen atoms in total. The van der Waals surface area contributed by atoms with E-state index in [0.717, 1.165) is 5.56 Å². The van der Waals surface area contributed by atoms with Crippen molar-refractivity contribution in [2.45, 2.75) is 6.04 Å². The van der Waals surface area contributed by atoms with E-state index in [1.54, 1.807) is 37.4 Å². The SMILES string of the molecule is CNC(c1ccc(Cl)cc1Cl)c1c(F)cccc1Cl. The molecule has 0 fully saturated rings. The van der Waals surface area contributed by atoms with Gasteiger partial charge in [0.1, 0.15) is 5.82 Å². The zero-order valence-corrected chi connectivity index (χ0v) is 12.3. The summed E-state index contributed by atoms with van der Waals surface area (Å²) in [5.74, 6) is -0.377. The van der Waals surface area contributed by atoms with Crippen molar-refractivity contribution in [3.05, 3.63) is 68.4 Å². The van der Waals surface area contributed by atoms with E-state index in [1.807, 2.05) is 0 Å². The van der Waals surface area contributed by atoms with Crippen LogP contribution in [0.5, 0.6) is 0 Å². The predicted octanol–water partition coefficient (Wildman–Crippen LogP) is 5.09. The lowest BCUT2D eigenvalue weighted by atomic mass is 9.98. The number of hydrogen-bond donors (Lipinski definition) is 1. The molecular formula is C14H11Cl3FN. The van der Waals surface area contributed by atoms with Crippen molar-refractivity contribution in [1.29, 1.82) is 0 Å². The standard InChI is InChI=1S/C14H11Cl3FN/c1-19-14(9-6-5-8(15)7-11(9)17)13-10(16)3-2-4-12(13)18/h2-7,14,19H,1H3. The predicted molar refractivity (Wildman–Crippen MR) is 78.8 cm³/mol. The summed E-state index contributed by atoms with van der Waals surface area (Å²) >= 11 is 18.1. The fourth-order valence-corrected chi connectivity index (χ4v) is 2.77. The first-order valence-corrected chi connectivity index (χ1v) is 6.74. The largest absolute Gasteiger partial charge is 0.309 e. The molecule has 2 aromatic carbocycles. The molecule has 0 radical (unpaired) electrons. The summed E-state index contributed by atoms with van der Waals surface area (Å²) in [5.41, 5.74) is 1.09. The van der Waals surface area contributed by atoms with E-state index in [-0.39, 0.29) is 5.82 Å². The Morgan fingerprint density at radius 1 is 1.05 bits per heavy atom. The highest BCUT2D eigenvalue weighted by Gasteiger charge is 2.21. The van der Waals surface area contributed by atoms with Gasteiger partial charge in [0.15, 0.2) is 0 Å². The van der Waals surface area contributed by atoms with Crippen molar-refractivity contribution in [3.63, 3.8) is 0 Å². The molecule has 0 aromatic heterocycles. The van der Waals surface area contributed by atoms with E-state index < -0.39 is 6.04 Å². The topological polar surface area (TPSA) is 12.0 Å². The van der Waals surface area contributed by atoms with E-state index >= 15 is 0 Å². The van der Waals surface area contributed by atoms with Crippen LogP contribution in [0.1, 0.15) is 17.2 Å². The zero-order chi connectivity index (χ0) is 14.0. The average Bonchev–Trinajstić information content (AvgIpc) is 2.35. The van der Waals surface area contributed by atoms with E-state index in [1.165, 1.54) is 6.07 Å². The third-order valence-electron chi connectivity index (χ3n) is 2.85. The summed E-state index contributed by atoms with van der Waals surface area (Å²) in [5, 5.41) is 4.37. The van der Waals surface area contributed by atoms with Crippen molar-refractivity contribution in [2.24, 2.45) is 0 Å². The molecule has 0 heterocycles. The fraction of sp³-hybridized carbons (Fsp3) is 0.143. The van der Waals surface area contributed by atoms with E-state index in [0.29, 0.717) is 20.6 Å². The number of rotatable bonds is 3. The second-order valence-electron chi connectivity index (χ2n) is 4.02. The minimum atomic E-state index is -0.432. The van der Waals surface area contributed by atoms with Gasteiger partial charge in [-0.3, -0.25) is 0 Å². The monoisotopic (exact) mass is 317 g/mol. The summed E-state index contributed by atoms with van der Waals surface area (Å²) in [4.78, 5) is 0. The summed E-state index contributed by atoms with van der Waals surface area (Å²) in [6, 6.07) is 9.24. The lowest BCUT2D eigenvalue weighted by molar-refractivity contribution is 0.576. The molecule has 2 aromatic rings. The molecule has 0 saturated heterocycles. The number of nitrogens with one attached hydrogen (secondary N) is 1. The van der Waals surface area contributed by atoms with E-state index in [9.17, 15) is 4.39 Å². The molecule has 19 heavy (non-hydrogen) atoms. The van der Waals surface area contributed by atoms with Crippen molar-refractivity contribution < 1.29 is 4.39 Å². The Hall–Kier alpha value is -0.800. The van der Waals surface area contributed by atoms with Gasteiger partial charge in [0.25, 0.3) is 0 Å². The van der Waals surface area contributed by atoms with Crippen molar-refractivity contribution >= 4 is 34.8 Å². The van der Waals surface area contributed by atoms with Gasteiger partial charge in [-0.15, -0.1) is 0 Å². The van der Waals surface area contributed by atoms with Gasteiger partial charge in [0.05, 0.1) is 6.04 Å². The van der Waals surface area contributed by atoms with Crippen LogP contribution in [0.25, 0.3) is 0 Å². The molecular weight excluding hydrogens is 308 g/mol. The van der Waals surface area contributed by atoms with Gasteiger partial charge < -0.3 is 5.32 Å². The van der Waals surface area contributed by atoms with Crippen LogP contribution in [-0.4, -0.2) is 7.05 Å². The van der Waals surface area contributed by atoms with Crippen LogP contribution < -0.4 is 5.32 Å². The number of benzene rings is 2. The highest BCUT2D eigenvalue weighted by atomic mass is 35.5. The van der Waals surface area contributed by atoms with Gasteiger partial charge in [0.2, 0.25) is 0 Å². The second kappa shape index (κ2) is 6.10. The molecule has 1 unspecified atom stereocenters. The maximum Gasteiger partial charge on any atom is 0.129 e. The molecule has 1 atom stereocenters.